The standard InChI is InChI=1S/C13H19N3O/c17-15-10-3-1-2-6-12-8-7-11-5-4-9-14-13(11)16-12/h7-8,10,17H,1-6,9H2,(H,14,16)/b15-10+. The summed E-state index contributed by atoms with van der Waals surface area (Å²) in [6.45, 7) is 1.04. The third kappa shape index (κ3) is 3.44. The fourth-order valence-corrected chi connectivity index (χ4v) is 2.11. The predicted octanol–water partition coefficient (Wildman–Crippen LogP) is 2.61. The van der Waals surface area contributed by atoms with E-state index in [2.05, 4.69) is 27.6 Å². The minimum absolute atomic E-state index is 0.833. The van der Waals surface area contributed by atoms with E-state index in [1.54, 1.807) is 6.21 Å². The van der Waals surface area contributed by atoms with Crippen molar-refractivity contribution in [1.29, 1.82) is 0 Å². The molecule has 0 aliphatic carbocycles. The number of aromatic nitrogens is 1. The third-order valence-corrected chi connectivity index (χ3v) is 3.05. The minimum atomic E-state index is 0.833. The number of pyridine rings is 1. The lowest BCUT2D eigenvalue weighted by atomic mass is 10.1. The smallest absolute Gasteiger partial charge is 0.129 e. The van der Waals surface area contributed by atoms with Gasteiger partial charge in [0.05, 0.1) is 0 Å². The number of rotatable bonds is 5. The molecule has 0 amide bonds. The van der Waals surface area contributed by atoms with Gasteiger partial charge in [-0.05, 0) is 50.2 Å². The summed E-state index contributed by atoms with van der Waals surface area (Å²) >= 11 is 0. The summed E-state index contributed by atoms with van der Waals surface area (Å²) in [7, 11) is 0. The lowest BCUT2D eigenvalue weighted by molar-refractivity contribution is 0.320. The van der Waals surface area contributed by atoms with E-state index in [0.717, 1.165) is 50.2 Å². The molecule has 0 fully saturated rings. The van der Waals surface area contributed by atoms with E-state index in [9.17, 15) is 0 Å². The number of fused-ring (bicyclic) bond motifs is 1. The summed E-state index contributed by atoms with van der Waals surface area (Å²) in [5.41, 5.74) is 2.49. The highest BCUT2D eigenvalue weighted by Gasteiger charge is 2.09. The molecule has 1 aromatic heterocycles. The highest BCUT2D eigenvalue weighted by Crippen LogP contribution is 2.20. The second-order valence-electron chi connectivity index (χ2n) is 4.38. The molecule has 0 spiro atoms. The van der Waals surface area contributed by atoms with Crippen LogP contribution < -0.4 is 5.32 Å². The fraction of sp³-hybridized carbons (Fsp3) is 0.538. The molecule has 2 heterocycles. The van der Waals surface area contributed by atoms with Gasteiger partial charge in [0.1, 0.15) is 5.82 Å². The Morgan fingerprint density at radius 3 is 3.24 bits per heavy atom. The largest absolute Gasteiger partial charge is 0.411 e. The Bertz CT molecular complexity index is 390. The van der Waals surface area contributed by atoms with Crippen LogP contribution in [0.15, 0.2) is 17.3 Å². The molecule has 4 heteroatoms. The molecule has 0 saturated carbocycles. The van der Waals surface area contributed by atoms with Crippen molar-refractivity contribution in [2.24, 2.45) is 5.16 Å². The number of hydrogen-bond acceptors (Lipinski definition) is 4. The maximum absolute atomic E-state index is 8.26. The Morgan fingerprint density at radius 1 is 1.41 bits per heavy atom. The number of anilines is 1. The van der Waals surface area contributed by atoms with E-state index < -0.39 is 0 Å². The van der Waals surface area contributed by atoms with E-state index >= 15 is 0 Å². The van der Waals surface area contributed by atoms with Crippen LogP contribution in [0.2, 0.25) is 0 Å². The summed E-state index contributed by atoms with van der Waals surface area (Å²) in [5, 5.41) is 14.6. The van der Waals surface area contributed by atoms with Gasteiger partial charge in [0.15, 0.2) is 0 Å². The average Bonchev–Trinajstić information content (AvgIpc) is 2.38. The number of aryl methyl sites for hydroxylation is 2. The van der Waals surface area contributed by atoms with Gasteiger partial charge in [0.2, 0.25) is 0 Å². The van der Waals surface area contributed by atoms with Crippen LogP contribution in [0.5, 0.6) is 0 Å². The lowest BCUT2D eigenvalue weighted by Crippen LogP contribution is -2.13. The Morgan fingerprint density at radius 2 is 2.35 bits per heavy atom. The molecular weight excluding hydrogens is 214 g/mol. The quantitative estimate of drug-likeness (QED) is 0.356. The Kier molecular flexibility index (Phi) is 4.36. The lowest BCUT2D eigenvalue weighted by Gasteiger charge is -2.17. The molecule has 0 bridgehead atoms. The van der Waals surface area contributed by atoms with E-state index in [4.69, 9.17) is 5.21 Å². The van der Waals surface area contributed by atoms with Crippen LogP contribution in [0.25, 0.3) is 0 Å². The van der Waals surface area contributed by atoms with Crippen molar-refractivity contribution in [1.82, 2.24) is 4.98 Å². The number of nitrogens with zero attached hydrogens (tertiary/aromatic N) is 2. The van der Waals surface area contributed by atoms with Crippen molar-refractivity contribution < 1.29 is 5.21 Å². The zero-order valence-corrected chi connectivity index (χ0v) is 10.0. The molecule has 1 aliphatic heterocycles. The Hall–Kier alpha value is -1.58. The zero-order valence-electron chi connectivity index (χ0n) is 10.0. The molecule has 0 aromatic carbocycles. The molecule has 2 N–H and O–H groups in total. The van der Waals surface area contributed by atoms with Crippen molar-refractivity contribution in [3.8, 4) is 0 Å². The predicted molar refractivity (Wildman–Crippen MR) is 68.9 cm³/mol. The molecular formula is C13H19N3O. The highest BCUT2D eigenvalue weighted by atomic mass is 16.4. The van der Waals surface area contributed by atoms with Gasteiger partial charge in [0.25, 0.3) is 0 Å². The zero-order chi connectivity index (χ0) is 11.9. The molecule has 0 radical (unpaired) electrons. The average molecular weight is 233 g/mol. The molecule has 1 aliphatic rings. The Labute approximate surface area is 102 Å². The maximum Gasteiger partial charge on any atom is 0.129 e. The second kappa shape index (κ2) is 6.23. The van der Waals surface area contributed by atoms with Gasteiger partial charge in [-0.1, -0.05) is 6.07 Å². The molecule has 92 valence electrons. The van der Waals surface area contributed by atoms with Crippen LogP contribution in [-0.4, -0.2) is 23.0 Å². The first-order chi connectivity index (χ1) is 8.40. The van der Waals surface area contributed by atoms with Gasteiger partial charge >= 0.3 is 0 Å². The third-order valence-electron chi connectivity index (χ3n) is 3.05. The van der Waals surface area contributed by atoms with Crippen molar-refractivity contribution in [2.45, 2.75) is 38.5 Å². The monoisotopic (exact) mass is 233 g/mol. The molecule has 0 unspecified atom stereocenters. The van der Waals surface area contributed by atoms with Crippen molar-refractivity contribution in [3.63, 3.8) is 0 Å². The molecule has 1 aromatic rings. The van der Waals surface area contributed by atoms with Gasteiger partial charge < -0.3 is 10.5 Å². The van der Waals surface area contributed by atoms with Crippen LogP contribution >= 0.6 is 0 Å². The number of nitrogens with one attached hydrogen (secondary N) is 1. The van der Waals surface area contributed by atoms with E-state index in [1.807, 2.05) is 0 Å². The molecule has 0 atom stereocenters. The van der Waals surface area contributed by atoms with Gasteiger partial charge in [-0.15, -0.1) is 5.16 Å². The summed E-state index contributed by atoms with van der Waals surface area (Å²) in [6.07, 6.45) is 7.83. The minimum Gasteiger partial charge on any atom is -0.411 e. The van der Waals surface area contributed by atoms with Crippen molar-refractivity contribution >= 4 is 12.0 Å². The van der Waals surface area contributed by atoms with Crippen LogP contribution in [0.1, 0.15) is 36.9 Å². The van der Waals surface area contributed by atoms with Crippen molar-refractivity contribution in [3.05, 3.63) is 23.4 Å². The summed E-state index contributed by atoms with van der Waals surface area (Å²) in [4.78, 5) is 4.64. The molecule has 4 nitrogen and oxygen atoms in total. The summed E-state index contributed by atoms with van der Waals surface area (Å²) < 4.78 is 0. The maximum atomic E-state index is 8.26. The fourth-order valence-electron chi connectivity index (χ4n) is 2.11. The summed E-state index contributed by atoms with van der Waals surface area (Å²) in [5.74, 6) is 1.07. The molecule has 0 saturated heterocycles. The first kappa shape index (κ1) is 11.9. The van der Waals surface area contributed by atoms with Crippen molar-refractivity contribution in [2.75, 3.05) is 11.9 Å². The van der Waals surface area contributed by atoms with E-state index in [-0.39, 0.29) is 0 Å². The second-order valence-corrected chi connectivity index (χ2v) is 4.38. The first-order valence-corrected chi connectivity index (χ1v) is 6.29. The number of hydrogen-bond donors (Lipinski definition) is 2. The normalized spacial score (nSPS) is 14.6. The number of oxime groups is 1. The summed E-state index contributed by atoms with van der Waals surface area (Å²) in [6, 6.07) is 4.32. The molecule has 2 rings (SSSR count). The Balaban J connectivity index is 1.84. The highest BCUT2D eigenvalue weighted by molar-refractivity contribution is 5.55. The van der Waals surface area contributed by atoms with Gasteiger partial charge in [-0.3, -0.25) is 0 Å². The van der Waals surface area contributed by atoms with Gasteiger partial charge in [-0.2, -0.15) is 0 Å². The molecule has 17 heavy (non-hydrogen) atoms. The van der Waals surface area contributed by atoms with Gasteiger partial charge in [0, 0.05) is 18.5 Å². The van der Waals surface area contributed by atoms with E-state index in [1.165, 1.54) is 12.0 Å². The SMILES string of the molecule is O/N=C/CCCCc1ccc2c(n1)NCCC2. The first-order valence-electron chi connectivity index (χ1n) is 6.29. The van der Waals surface area contributed by atoms with Gasteiger partial charge in [-0.25, -0.2) is 4.98 Å². The number of unbranched alkanes of at least 4 members (excludes halogenated alkanes) is 2. The van der Waals surface area contributed by atoms with Crippen LogP contribution in [-0.2, 0) is 12.8 Å². The van der Waals surface area contributed by atoms with E-state index in [0.29, 0.717) is 0 Å². The van der Waals surface area contributed by atoms with Crippen LogP contribution in [0.4, 0.5) is 5.82 Å². The van der Waals surface area contributed by atoms with Crippen LogP contribution in [0.3, 0.4) is 0 Å². The van der Waals surface area contributed by atoms with Crippen LogP contribution in [0, 0.1) is 0 Å². The topological polar surface area (TPSA) is 57.5 Å².